The average molecular weight is 332 g/mol. The Bertz CT molecular complexity index is 871. The van der Waals surface area contributed by atoms with Crippen molar-refractivity contribution >= 4 is 5.91 Å². The highest BCUT2D eigenvalue weighted by Crippen LogP contribution is 2.27. The average Bonchev–Trinajstić information content (AvgIpc) is 3.26. The number of carbonyl (C=O) groups is 1. The van der Waals surface area contributed by atoms with Crippen LogP contribution in [0.25, 0.3) is 5.69 Å². The van der Waals surface area contributed by atoms with E-state index in [1.54, 1.807) is 6.20 Å². The van der Waals surface area contributed by atoms with Gasteiger partial charge in [0.25, 0.3) is 5.91 Å². The minimum Gasteiger partial charge on any atom is -0.350 e. The van der Waals surface area contributed by atoms with Crippen molar-refractivity contribution in [3.63, 3.8) is 0 Å². The Morgan fingerprint density at radius 2 is 1.92 bits per heavy atom. The van der Waals surface area contributed by atoms with E-state index in [2.05, 4.69) is 15.4 Å². The van der Waals surface area contributed by atoms with Gasteiger partial charge in [-0.1, -0.05) is 24.3 Å². The summed E-state index contributed by atoms with van der Waals surface area (Å²) in [5.41, 5.74) is 4.81. The number of nitrogens with zero attached hydrogens (tertiary/aromatic N) is 3. The number of aromatic nitrogens is 3. The molecule has 1 amide bonds. The summed E-state index contributed by atoms with van der Waals surface area (Å²) in [6.45, 7) is 0.558. The van der Waals surface area contributed by atoms with Crippen LogP contribution in [0, 0.1) is 0 Å². The SMILES string of the molecule is O=C(NCCc1ccccn1)c1nn(-c2ccccc2)c2c1CCC2. The monoisotopic (exact) mass is 332 g/mol. The van der Waals surface area contributed by atoms with Crippen molar-refractivity contribution < 1.29 is 4.79 Å². The lowest BCUT2D eigenvalue weighted by Crippen LogP contribution is -2.27. The van der Waals surface area contributed by atoms with Gasteiger partial charge in [-0.05, 0) is 43.5 Å². The lowest BCUT2D eigenvalue weighted by atomic mass is 10.2. The lowest BCUT2D eigenvalue weighted by Gasteiger charge is -2.05. The number of amides is 1. The Morgan fingerprint density at radius 1 is 1.08 bits per heavy atom. The van der Waals surface area contributed by atoms with Gasteiger partial charge in [0.2, 0.25) is 0 Å². The number of carbonyl (C=O) groups excluding carboxylic acids is 1. The Balaban J connectivity index is 1.51. The molecule has 0 aliphatic heterocycles. The van der Waals surface area contributed by atoms with Gasteiger partial charge in [0.05, 0.1) is 5.69 Å². The Kier molecular flexibility index (Phi) is 4.29. The quantitative estimate of drug-likeness (QED) is 0.781. The zero-order chi connectivity index (χ0) is 17.1. The first-order valence-electron chi connectivity index (χ1n) is 8.67. The second-order valence-corrected chi connectivity index (χ2v) is 6.20. The van der Waals surface area contributed by atoms with Crippen molar-refractivity contribution in [2.24, 2.45) is 0 Å². The number of hydrogen-bond acceptors (Lipinski definition) is 3. The molecule has 0 atom stereocenters. The number of hydrogen-bond donors (Lipinski definition) is 1. The summed E-state index contributed by atoms with van der Waals surface area (Å²) in [6.07, 6.45) is 5.46. The first-order chi connectivity index (χ1) is 12.3. The molecule has 0 fully saturated rings. The topological polar surface area (TPSA) is 59.8 Å². The third-order valence-electron chi connectivity index (χ3n) is 4.54. The van der Waals surface area contributed by atoms with E-state index in [9.17, 15) is 4.79 Å². The molecule has 5 nitrogen and oxygen atoms in total. The second kappa shape index (κ2) is 6.89. The first kappa shape index (κ1) is 15.6. The molecule has 25 heavy (non-hydrogen) atoms. The predicted octanol–water partition coefficient (Wildman–Crippen LogP) is 2.73. The van der Waals surface area contributed by atoms with Gasteiger partial charge in [0.1, 0.15) is 0 Å². The van der Waals surface area contributed by atoms with Crippen LogP contribution < -0.4 is 5.32 Å². The van der Waals surface area contributed by atoms with Gasteiger partial charge < -0.3 is 5.32 Å². The van der Waals surface area contributed by atoms with Gasteiger partial charge in [0, 0.05) is 36.1 Å². The molecular weight excluding hydrogens is 312 g/mol. The molecule has 5 heteroatoms. The highest BCUT2D eigenvalue weighted by molar-refractivity contribution is 5.94. The Morgan fingerprint density at radius 3 is 2.72 bits per heavy atom. The molecule has 2 heterocycles. The lowest BCUT2D eigenvalue weighted by molar-refractivity contribution is 0.0947. The number of nitrogens with one attached hydrogen (secondary N) is 1. The minimum atomic E-state index is -0.0937. The molecule has 0 radical (unpaired) electrons. The molecule has 0 unspecified atom stereocenters. The molecule has 0 spiro atoms. The number of benzene rings is 1. The Labute approximate surface area is 146 Å². The summed E-state index contributed by atoms with van der Waals surface area (Å²) < 4.78 is 1.93. The normalized spacial score (nSPS) is 12.8. The maximum atomic E-state index is 12.6. The van der Waals surface area contributed by atoms with E-state index in [0.29, 0.717) is 18.7 Å². The van der Waals surface area contributed by atoms with Crippen LogP contribution in [0.1, 0.15) is 33.9 Å². The molecule has 1 N–H and O–H groups in total. The molecular formula is C20H20N4O. The van der Waals surface area contributed by atoms with Crippen molar-refractivity contribution in [1.82, 2.24) is 20.1 Å². The van der Waals surface area contributed by atoms with Gasteiger partial charge in [-0.3, -0.25) is 9.78 Å². The largest absolute Gasteiger partial charge is 0.350 e. The van der Waals surface area contributed by atoms with Gasteiger partial charge in [-0.15, -0.1) is 0 Å². The third-order valence-corrected chi connectivity index (χ3v) is 4.54. The van der Waals surface area contributed by atoms with Crippen LogP contribution in [0.5, 0.6) is 0 Å². The number of pyridine rings is 1. The molecule has 1 aliphatic rings. The zero-order valence-electron chi connectivity index (χ0n) is 14.0. The molecule has 1 aromatic carbocycles. The molecule has 0 bridgehead atoms. The molecule has 3 aromatic rings. The van der Waals surface area contributed by atoms with E-state index in [4.69, 9.17) is 0 Å². The van der Waals surface area contributed by atoms with E-state index in [1.165, 1.54) is 5.69 Å². The number of para-hydroxylation sites is 1. The zero-order valence-corrected chi connectivity index (χ0v) is 14.0. The van der Waals surface area contributed by atoms with Crippen LogP contribution in [0.4, 0.5) is 0 Å². The van der Waals surface area contributed by atoms with E-state index in [-0.39, 0.29) is 5.91 Å². The highest BCUT2D eigenvalue weighted by Gasteiger charge is 2.26. The van der Waals surface area contributed by atoms with E-state index in [0.717, 1.165) is 36.2 Å². The van der Waals surface area contributed by atoms with Crippen LogP contribution in [0.15, 0.2) is 54.7 Å². The van der Waals surface area contributed by atoms with Gasteiger partial charge >= 0.3 is 0 Å². The summed E-state index contributed by atoms with van der Waals surface area (Å²) in [5.74, 6) is -0.0937. The maximum absolute atomic E-state index is 12.6. The summed E-state index contributed by atoms with van der Waals surface area (Å²) in [7, 11) is 0. The van der Waals surface area contributed by atoms with Gasteiger partial charge in [0.15, 0.2) is 5.69 Å². The Hall–Kier alpha value is -2.95. The molecule has 0 saturated heterocycles. The minimum absolute atomic E-state index is 0.0937. The molecule has 0 saturated carbocycles. The van der Waals surface area contributed by atoms with Crippen LogP contribution in [0.3, 0.4) is 0 Å². The number of rotatable bonds is 5. The van der Waals surface area contributed by atoms with Crippen molar-refractivity contribution in [3.05, 3.63) is 77.4 Å². The first-order valence-corrected chi connectivity index (χ1v) is 8.67. The molecule has 2 aromatic heterocycles. The molecule has 1 aliphatic carbocycles. The van der Waals surface area contributed by atoms with Crippen LogP contribution in [-0.4, -0.2) is 27.2 Å². The van der Waals surface area contributed by atoms with Crippen LogP contribution in [-0.2, 0) is 19.3 Å². The van der Waals surface area contributed by atoms with Crippen molar-refractivity contribution in [2.45, 2.75) is 25.7 Å². The fourth-order valence-electron chi connectivity index (χ4n) is 3.34. The maximum Gasteiger partial charge on any atom is 0.272 e. The van der Waals surface area contributed by atoms with Gasteiger partial charge in [-0.2, -0.15) is 5.10 Å². The summed E-state index contributed by atoms with van der Waals surface area (Å²) in [4.78, 5) is 16.9. The van der Waals surface area contributed by atoms with Crippen molar-refractivity contribution in [1.29, 1.82) is 0 Å². The smallest absolute Gasteiger partial charge is 0.272 e. The predicted molar refractivity (Wildman–Crippen MR) is 95.9 cm³/mol. The van der Waals surface area contributed by atoms with Crippen LogP contribution >= 0.6 is 0 Å². The molecule has 4 rings (SSSR count). The van der Waals surface area contributed by atoms with E-state index < -0.39 is 0 Å². The molecule has 126 valence electrons. The van der Waals surface area contributed by atoms with Crippen LogP contribution in [0.2, 0.25) is 0 Å². The fourth-order valence-corrected chi connectivity index (χ4v) is 3.34. The number of fused-ring (bicyclic) bond motifs is 1. The standard InChI is InChI=1S/C20H20N4O/c25-20(22-14-12-15-7-4-5-13-21-15)19-17-10-6-11-18(17)24(23-19)16-8-2-1-3-9-16/h1-5,7-9,13H,6,10-12,14H2,(H,22,25). The third kappa shape index (κ3) is 3.18. The second-order valence-electron chi connectivity index (χ2n) is 6.20. The fraction of sp³-hybridized carbons (Fsp3) is 0.250. The highest BCUT2D eigenvalue weighted by atomic mass is 16.1. The summed E-state index contributed by atoms with van der Waals surface area (Å²) in [6, 6.07) is 15.8. The van der Waals surface area contributed by atoms with Crippen molar-refractivity contribution in [2.75, 3.05) is 6.54 Å². The summed E-state index contributed by atoms with van der Waals surface area (Å²) in [5, 5.41) is 7.60. The van der Waals surface area contributed by atoms with E-state index >= 15 is 0 Å². The summed E-state index contributed by atoms with van der Waals surface area (Å²) >= 11 is 0. The van der Waals surface area contributed by atoms with E-state index in [1.807, 2.05) is 53.2 Å². The van der Waals surface area contributed by atoms with Gasteiger partial charge in [-0.25, -0.2) is 4.68 Å². The van der Waals surface area contributed by atoms with Crippen molar-refractivity contribution in [3.8, 4) is 5.69 Å².